The predicted molar refractivity (Wildman–Crippen MR) is 76.7 cm³/mol. The highest BCUT2D eigenvalue weighted by Gasteiger charge is 2.39. The normalized spacial score (nSPS) is 21.6. The molecule has 1 unspecified atom stereocenters. The molecule has 0 amide bonds. The van der Waals surface area contributed by atoms with Crippen LogP contribution >= 0.6 is 0 Å². The third-order valence-electron chi connectivity index (χ3n) is 3.88. The molecule has 102 valence electrons. The van der Waals surface area contributed by atoms with E-state index in [-0.39, 0.29) is 6.61 Å². The second kappa shape index (κ2) is 4.84. The zero-order valence-electron chi connectivity index (χ0n) is 11.4. The number of rotatable bonds is 2. The molecule has 0 bridgehead atoms. The Balaban J connectivity index is 2.35. The second-order valence-corrected chi connectivity index (χ2v) is 5.14. The van der Waals surface area contributed by atoms with Crippen molar-refractivity contribution in [2.24, 2.45) is 7.05 Å². The largest absolute Gasteiger partial charge is 0.385 e. The number of pyridine rings is 1. The molecule has 1 atom stereocenters. The molecule has 3 rings (SSSR count). The molecular weight excluding hydrogens is 253 g/mol. The van der Waals surface area contributed by atoms with Crippen molar-refractivity contribution in [1.29, 1.82) is 0 Å². The molecule has 3 heteroatoms. The van der Waals surface area contributed by atoms with Crippen LogP contribution in [0.25, 0.3) is 10.8 Å². The number of aromatic nitrogens is 1. The van der Waals surface area contributed by atoms with Crippen LogP contribution in [0, 0.1) is 0 Å². The number of aliphatic hydroxyl groups excluding tert-OH is 1. The minimum absolute atomic E-state index is 0.107. The topological polar surface area (TPSA) is 24.1 Å². The molecule has 0 aliphatic heterocycles. The number of alkyl halides is 1. The Morgan fingerprint density at radius 3 is 2.80 bits per heavy atom. The van der Waals surface area contributed by atoms with E-state index in [1.807, 2.05) is 42.5 Å². The Bertz CT molecular complexity index is 720. The molecule has 1 heterocycles. The van der Waals surface area contributed by atoms with E-state index in [0.29, 0.717) is 17.8 Å². The van der Waals surface area contributed by atoms with Gasteiger partial charge >= 0.3 is 0 Å². The van der Waals surface area contributed by atoms with Gasteiger partial charge < -0.3 is 5.11 Å². The fourth-order valence-electron chi connectivity index (χ4n) is 2.86. The third-order valence-corrected chi connectivity index (χ3v) is 3.88. The first-order valence-corrected chi connectivity index (χ1v) is 6.71. The van der Waals surface area contributed by atoms with E-state index in [1.165, 1.54) is 0 Å². The van der Waals surface area contributed by atoms with E-state index >= 15 is 4.39 Å². The van der Waals surface area contributed by atoms with Gasteiger partial charge in [0.1, 0.15) is 13.7 Å². The molecule has 1 N–H and O–H groups in total. The van der Waals surface area contributed by atoms with Gasteiger partial charge in [0.05, 0.1) is 5.39 Å². The number of fused-ring (bicyclic) bond motifs is 1. The van der Waals surface area contributed by atoms with E-state index in [1.54, 1.807) is 23.8 Å². The fourth-order valence-corrected chi connectivity index (χ4v) is 2.86. The summed E-state index contributed by atoms with van der Waals surface area (Å²) in [6, 6.07) is 9.62. The van der Waals surface area contributed by atoms with Crippen LogP contribution in [0.1, 0.15) is 17.8 Å². The summed E-state index contributed by atoms with van der Waals surface area (Å²) in [5.74, 6) is 0. The maximum Gasteiger partial charge on any atom is 0.231 e. The molecule has 1 aliphatic carbocycles. The van der Waals surface area contributed by atoms with Crippen molar-refractivity contribution in [1.82, 2.24) is 0 Å². The van der Waals surface area contributed by atoms with Crippen LogP contribution in [0.2, 0.25) is 0 Å². The van der Waals surface area contributed by atoms with Crippen LogP contribution in [0.3, 0.4) is 0 Å². The van der Waals surface area contributed by atoms with Gasteiger partial charge in [-0.1, -0.05) is 36.4 Å². The maximum atomic E-state index is 15.4. The number of benzene rings is 1. The molecule has 1 aromatic carbocycles. The molecule has 1 aromatic heterocycles. The van der Waals surface area contributed by atoms with Crippen molar-refractivity contribution in [3.05, 3.63) is 66.0 Å². The van der Waals surface area contributed by atoms with Crippen molar-refractivity contribution in [3.63, 3.8) is 0 Å². The van der Waals surface area contributed by atoms with E-state index < -0.39 is 5.67 Å². The summed E-state index contributed by atoms with van der Waals surface area (Å²) >= 11 is 0. The van der Waals surface area contributed by atoms with Gasteiger partial charge in [-0.2, -0.15) is 4.57 Å². The van der Waals surface area contributed by atoms with Gasteiger partial charge in [0.15, 0.2) is 0 Å². The van der Waals surface area contributed by atoms with Crippen molar-refractivity contribution in [2.75, 3.05) is 0 Å². The molecule has 1 aliphatic rings. The monoisotopic (exact) mass is 270 g/mol. The van der Waals surface area contributed by atoms with E-state index in [2.05, 4.69) is 0 Å². The summed E-state index contributed by atoms with van der Waals surface area (Å²) < 4.78 is 17.1. The zero-order valence-corrected chi connectivity index (χ0v) is 11.4. The summed E-state index contributed by atoms with van der Waals surface area (Å²) in [5, 5.41) is 11.3. The Labute approximate surface area is 117 Å². The highest BCUT2D eigenvalue weighted by Crippen LogP contribution is 2.36. The van der Waals surface area contributed by atoms with Crippen LogP contribution in [0.5, 0.6) is 0 Å². The van der Waals surface area contributed by atoms with Crippen LogP contribution in [0.15, 0.2) is 54.6 Å². The molecular formula is C17H17FNO+. The molecule has 2 aromatic rings. The molecule has 0 fully saturated rings. The quantitative estimate of drug-likeness (QED) is 0.834. The van der Waals surface area contributed by atoms with Crippen molar-refractivity contribution in [2.45, 2.75) is 18.7 Å². The zero-order chi connectivity index (χ0) is 14.2. The fraction of sp³-hybridized carbons (Fsp3) is 0.235. The van der Waals surface area contributed by atoms with Gasteiger partial charge in [0.25, 0.3) is 0 Å². The average molecular weight is 270 g/mol. The lowest BCUT2D eigenvalue weighted by molar-refractivity contribution is -0.691. The molecule has 2 nitrogen and oxygen atoms in total. The molecule has 0 radical (unpaired) electrons. The van der Waals surface area contributed by atoms with E-state index in [9.17, 15) is 5.11 Å². The summed E-state index contributed by atoms with van der Waals surface area (Å²) in [7, 11) is 1.81. The highest BCUT2D eigenvalue weighted by atomic mass is 19.1. The maximum absolute atomic E-state index is 15.4. The van der Waals surface area contributed by atoms with Gasteiger partial charge in [-0.3, -0.25) is 0 Å². The minimum Gasteiger partial charge on any atom is -0.385 e. The number of nitrogens with zero attached hydrogens (tertiary/aromatic N) is 1. The van der Waals surface area contributed by atoms with Gasteiger partial charge in [0.2, 0.25) is 17.1 Å². The first-order valence-electron chi connectivity index (χ1n) is 6.71. The van der Waals surface area contributed by atoms with Gasteiger partial charge in [0, 0.05) is 12.5 Å². The smallest absolute Gasteiger partial charge is 0.231 e. The summed E-state index contributed by atoms with van der Waals surface area (Å²) in [6.45, 7) is -0.107. The first-order chi connectivity index (χ1) is 9.65. The Kier molecular flexibility index (Phi) is 3.14. The van der Waals surface area contributed by atoms with E-state index in [4.69, 9.17) is 0 Å². The first kappa shape index (κ1) is 13.0. The van der Waals surface area contributed by atoms with Crippen LogP contribution in [-0.2, 0) is 19.3 Å². The summed E-state index contributed by atoms with van der Waals surface area (Å²) in [4.78, 5) is 0. The van der Waals surface area contributed by atoms with Crippen LogP contribution < -0.4 is 4.57 Å². The highest BCUT2D eigenvalue weighted by molar-refractivity contribution is 5.84. The van der Waals surface area contributed by atoms with Crippen LogP contribution in [0.4, 0.5) is 4.39 Å². The SMILES string of the molecule is C[n+]1c(CO)cc2ccccc2c1C1(F)C=CC=CC1. The molecule has 0 saturated carbocycles. The number of halogens is 1. The second-order valence-electron chi connectivity index (χ2n) is 5.14. The molecule has 20 heavy (non-hydrogen) atoms. The van der Waals surface area contributed by atoms with Crippen molar-refractivity contribution >= 4 is 10.8 Å². The standard InChI is InChI=1S/C17H17FNO/c1-19-14(12-20)11-13-7-3-4-8-15(13)16(19)17(18)9-5-2-6-10-17/h2-9,11,20H,10,12H2,1H3/q+1. The van der Waals surface area contributed by atoms with Gasteiger partial charge in [-0.25, -0.2) is 4.39 Å². The Morgan fingerprint density at radius 1 is 1.30 bits per heavy atom. The van der Waals surface area contributed by atoms with E-state index in [0.717, 1.165) is 10.8 Å². The number of hydrogen-bond donors (Lipinski definition) is 1. The lowest BCUT2D eigenvalue weighted by atomic mass is 9.89. The average Bonchev–Trinajstić information content (AvgIpc) is 2.47. The summed E-state index contributed by atoms with van der Waals surface area (Å²) in [6.07, 6.45) is 7.34. The van der Waals surface area contributed by atoms with Gasteiger partial charge in [-0.15, -0.1) is 0 Å². The minimum atomic E-state index is -1.53. The predicted octanol–water partition coefficient (Wildman–Crippen LogP) is 2.84. The Hall–Kier alpha value is -2.00. The lowest BCUT2D eigenvalue weighted by Crippen LogP contribution is -2.44. The van der Waals surface area contributed by atoms with Crippen molar-refractivity contribution in [3.8, 4) is 0 Å². The van der Waals surface area contributed by atoms with Crippen molar-refractivity contribution < 1.29 is 14.1 Å². The lowest BCUT2D eigenvalue weighted by Gasteiger charge is -2.22. The molecule has 0 saturated heterocycles. The number of aliphatic hydroxyl groups is 1. The Morgan fingerprint density at radius 2 is 2.10 bits per heavy atom. The number of hydrogen-bond acceptors (Lipinski definition) is 1. The molecule has 0 spiro atoms. The van der Waals surface area contributed by atoms with Gasteiger partial charge in [-0.05, 0) is 17.5 Å². The third kappa shape index (κ3) is 1.95. The summed E-state index contributed by atoms with van der Waals surface area (Å²) in [5.41, 5.74) is -0.229. The number of allylic oxidation sites excluding steroid dienone is 4. The van der Waals surface area contributed by atoms with Crippen LogP contribution in [-0.4, -0.2) is 5.11 Å².